The second kappa shape index (κ2) is 3.77. The van der Waals surface area contributed by atoms with Crippen LogP contribution < -0.4 is 0 Å². The first-order valence-electron chi connectivity index (χ1n) is 3.83. The third-order valence-corrected chi connectivity index (χ3v) is 1.75. The van der Waals surface area contributed by atoms with Crippen LogP contribution in [-0.4, -0.2) is 11.2 Å². The summed E-state index contributed by atoms with van der Waals surface area (Å²) < 4.78 is 0. The van der Waals surface area contributed by atoms with Crippen LogP contribution in [0.25, 0.3) is 0 Å². The lowest BCUT2D eigenvalue weighted by Crippen LogP contribution is -2.19. The number of hydrogen-bond acceptors (Lipinski definition) is 1. The summed E-state index contributed by atoms with van der Waals surface area (Å²) in [4.78, 5) is 0. The maximum absolute atomic E-state index is 9.47. The van der Waals surface area contributed by atoms with Crippen molar-refractivity contribution in [1.82, 2.24) is 0 Å². The molecule has 0 fully saturated rings. The van der Waals surface area contributed by atoms with Gasteiger partial charge >= 0.3 is 0 Å². The third kappa shape index (κ3) is 2.53. The Bertz CT molecular complexity index is 114. The van der Waals surface area contributed by atoms with Crippen molar-refractivity contribution in [1.29, 1.82) is 0 Å². The van der Waals surface area contributed by atoms with E-state index in [0.29, 0.717) is 5.92 Å². The average Bonchev–Trinajstić information content (AvgIpc) is 1.84. The van der Waals surface area contributed by atoms with Crippen molar-refractivity contribution in [3.63, 3.8) is 0 Å². The van der Waals surface area contributed by atoms with Crippen LogP contribution >= 0.6 is 0 Å². The summed E-state index contributed by atoms with van der Waals surface area (Å²) in [6.07, 6.45) is -0.333. The number of aliphatic hydroxyl groups is 1. The summed E-state index contributed by atoms with van der Waals surface area (Å²) in [5.41, 5.74) is 0.940. The molecule has 0 saturated carbocycles. The molecular weight excluding hydrogens is 124 g/mol. The summed E-state index contributed by atoms with van der Waals surface area (Å²) in [5.74, 6) is 0.673. The summed E-state index contributed by atoms with van der Waals surface area (Å²) in [5, 5.41) is 9.47. The molecule has 0 aromatic carbocycles. The molecular formula is C9H18O. The topological polar surface area (TPSA) is 20.2 Å². The fourth-order valence-electron chi connectivity index (χ4n) is 0.770. The van der Waals surface area contributed by atoms with Crippen molar-refractivity contribution >= 4 is 0 Å². The van der Waals surface area contributed by atoms with Crippen LogP contribution in [-0.2, 0) is 0 Å². The number of rotatable bonds is 3. The lowest BCUT2D eigenvalue weighted by molar-refractivity contribution is 0.151. The maximum Gasteiger partial charge on any atom is 0.0772 e. The smallest absolute Gasteiger partial charge is 0.0772 e. The SMILES string of the molecule is C=C(C(C)C)[C@H](O)C(C)C. The predicted molar refractivity (Wildman–Crippen MR) is 44.8 cm³/mol. The zero-order valence-electron chi connectivity index (χ0n) is 7.39. The zero-order valence-corrected chi connectivity index (χ0v) is 7.39. The van der Waals surface area contributed by atoms with Crippen molar-refractivity contribution in [2.45, 2.75) is 33.8 Å². The van der Waals surface area contributed by atoms with Gasteiger partial charge in [0.25, 0.3) is 0 Å². The first kappa shape index (κ1) is 9.70. The fourth-order valence-corrected chi connectivity index (χ4v) is 0.770. The van der Waals surface area contributed by atoms with Gasteiger partial charge in [-0.05, 0) is 17.4 Å². The molecule has 0 aromatic rings. The van der Waals surface area contributed by atoms with Crippen molar-refractivity contribution < 1.29 is 5.11 Å². The summed E-state index contributed by atoms with van der Waals surface area (Å²) >= 11 is 0. The Labute approximate surface area is 63.8 Å². The highest BCUT2D eigenvalue weighted by atomic mass is 16.3. The lowest BCUT2D eigenvalue weighted by atomic mass is 9.92. The standard InChI is InChI=1S/C9H18O/c1-6(2)8(5)9(10)7(3)4/h6-7,9-10H,5H2,1-4H3/t9-/m1/s1. The minimum absolute atomic E-state index is 0.287. The van der Waals surface area contributed by atoms with E-state index in [4.69, 9.17) is 0 Å². The van der Waals surface area contributed by atoms with E-state index in [-0.39, 0.29) is 12.0 Å². The molecule has 1 N–H and O–H groups in total. The molecule has 0 bridgehead atoms. The maximum atomic E-state index is 9.47. The normalized spacial score (nSPS) is 14.3. The van der Waals surface area contributed by atoms with Crippen molar-refractivity contribution in [2.24, 2.45) is 11.8 Å². The highest BCUT2D eigenvalue weighted by Gasteiger charge is 2.14. The largest absolute Gasteiger partial charge is 0.388 e. The Kier molecular flexibility index (Phi) is 3.66. The predicted octanol–water partition coefficient (Wildman–Crippen LogP) is 2.22. The molecule has 0 aliphatic carbocycles. The van der Waals surface area contributed by atoms with E-state index >= 15 is 0 Å². The van der Waals surface area contributed by atoms with Gasteiger partial charge in [-0.1, -0.05) is 34.3 Å². The van der Waals surface area contributed by atoms with Gasteiger partial charge in [-0.2, -0.15) is 0 Å². The molecule has 0 unspecified atom stereocenters. The second-order valence-corrected chi connectivity index (χ2v) is 3.42. The highest BCUT2D eigenvalue weighted by Crippen LogP contribution is 2.17. The highest BCUT2D eigenvalue weighted by molar-refractivity contribution is 5.05. The minimum atomic E-state index is -0.333. The molecule has 0 rings (SSSR count). The molecule has 0 amide bonds. The summed E-state index contributed by atoms with van der Waals surface area (Å²) in [6.45, 7) is 11.9. The van der Waals surface area contributed by atoms with Crippen LogP contribution in [0.15, 0.2) is 12.2 Å². The van der Waals surface area contributed by atoms with Gasteiger partial charge in [0.05, 0.1) is 6.10 Å². The quantitative estimate of drug-likeness (QED) is 0.599. The van der Waals surface area contributed by atoms with Gasteiger partial charge in [-0.3, -0.25) is 0 Å². The van der Waals surface area contributed by atoms with Crippen LogP contribution in [0.1, 0.15) is 27.7 Å². The molecule has 1 atom stereocenters. The van der Waals surface area contributed by atoms with E-state index in [1.54, 1.807) is 0 Å². The monoisotopic (exact) mass is 142 g/mol. The molecule has 0 saturated heterocycles. The third-order valence-electron chi connectivity index (χ3n) is 1.75. The van der Waals surface area contributed by atoms with Gasteiger partial charge in [-0.25, -0.2) is 0 Å². The summed E-state index contributed by atoms with van der Waals surface area (Å²) in [7, 11) is 0. The molecule has 0 aromatic heterocycles. The van der Waals surface area contributed by atoms with Gasteiger partial charge in [0, 0.05) is 0 Å². The van der Waals surface area contributed by atoms with Gasteiger partial charge in [0.15, 0.2) is 0 Å². The Morgan fingerprint density at radius 1 is 1.20 bits per heavy atom. The van der Waals surface area contributed by atoms with Crippen LogP contribution in [0.4, 0.5) is 0 Å². The Morgan fingerprint density at radius 3 is 1.70 bits per heavy atom. The number of hydrogen-bond donors (Lipinski definition) is 1. The van der Waals surface area contributed by atoms with Gasteiger partial charge in [-0.15, -0.1) is 0 Å². The van der Waals surface area contributed by atoms with Gasteiger partial charge < -0.3 is 5.11 Å². The fraction of sp³-hybridized carbons (Fsp3) is 0.778. The van der Waals surface area contributed by atoms with E-state index in [2.05, 4.69) is 6.58 Å². The van der Waals surface area contributed by atoms with Crippen LogP contribution in [0.2, 0.25) is 0 Å². The van der Waals surface area contributed by atoms with E-state index < -0.39 is 0 Å². The van der Waals surface area contributed by atoms with Gasteiger partial charge in [0.1, 0.15) is 0 Å². The molecule has 0 radical (unpaired) electrons. The first-order chi connectivity index (χ1) is 4.46. The van der Waals surface area contributed by atoms with Crippen LogP contribution in [0.5, 0.6) is 0 Å². The van der Waals surface area contributed by atoms with Gasteiger partial charge in [0.2, 0.25) is 0 Å². The summed E-state index contributed by atoms with van der Waals surface area (Å²) in [6, 6.07) is 0. The molecule has 60 valence electrons. The van der Waals surface area contributed by atoms with E-state index in [9.17, 15) is 5.11 Å². The first-order valence-corrected chi connectivity index (χ1v) is 3.83. The molecule has 0 heterocycles. The minimum Gasteiger partial charge on any atom is -0.388 e. The van der Waals surface area contributed by atoms with E-state index in [1.807, 2.05) is 27.7 Å². The van der Waals surface area contributed by atoms with Crippen LogP contribution in [0, 0.1) is 11.8 Å². The average molecular weight is 142 g/mol. The Morgan fingerprint density at radius 2 is 1.60 bits per heavy atom. The van der Waals surface area contributed by atoms with Crippen LogP contribution in [0.3, 0.4) is 0 Å². The molecule has 0 aliphatic rings. The van der Waals surface area contributed by atoms with E-state index in [0.717, 1.165) is 5.57 Å². The molecule has 0 spiro atoms. The van der Waals surface area contributed by atoms with Crippen molar-refractivity contribution in [3.05, 3.63) is 12.2 Å². The molecule has 1 nitrogen and oxygen atoms in total. The molecule has 10 heavy (non-hydrogen) atoms. The molecule has 1 heteroatoms. The zero-order chi connectivity index (χ0) is 8.31. The molecule has 0 aliphatic heterocycles. The Balaban J connectivity index is 3.95. The second-order valence-electron chi connectivity index (χ2n) is 3.42. The number of aliphatic hydroxyl groups excluding tert-OH is 1. The lowest BCUT2D eigenvalue weighted by Gasteiger charge is -2.19. The van der Waals surface area contributed by atoms with Crippen molar-refractivity contribution in [3.8, 4) is 0 Å². The van der Waals surface area contributed by atoms with E-state index in [1.165, 1.54) is 0 Å². The van der Waals surface area contributed by atoms with Crippen molar-refractivity contribution in [2.75, 3.05) is 0 Å². The Hall–Kier alpha value is -0.300.